The van der Waals surface area contributed by atoms with Gasteiger partial charge in [-0.15, -0.1) is 11.3 Å². The third-order valence-electron chi connectivity index (χ3n) is 2.35. The summed E-state index contributed by atoms with van der Waals surface area (Å²) in [5.74, 6) is 1.15. The molecule has 0 fully saturated rings. The van der Waals surface area contributed by atoms with Gasteiger partial charge in [0.05, 0.1) is 5.01 Å². The Balaban J connectivity index is 1.73. The number of aliphatic imine (C=N–C) groups is 1. The summed E-state index contributed by atoms with van der Waals surface area (Å²) in [4.78, 5) is 8.81. The summed E-state index contributed by atoms with van der Waals surface area (Å²) in [6.45, 7) is 6.38. The number of nitrogens with zero attached hydrogens (tertiary/aromatic N) is 2. The zero-order chi connectivity index (χ0) is 11.4. The van der Waals surface area contributed by atoms with Crippen LogP contribution in [0.15, 0.2) is 16.6 Å². The van der Waals surface area contributed by atoms with E-state index in [9.17, 15) is 0 Å². The second kappa shape index (κ2) is 5.19. The van der Waals surface area contributed by atoms with E-state index in [4.69, 9.17) is 0 Å². The second-order valence-corrected chi connectivity index (χ2v) is 6.62. The van der Waals surface area contributed by atoms with Crippen LogP contribution in [0.1, 0.15) is 18.9 Å². The molecule has 5 heteroatoms. The van der Waals surface area contributed by atoms with Crippen LogP contribution in [0.3, 0.4) is 0 Å². The number of thioether (sulfide) groups is 1. The van der Waals surface area contributed by atoms with Crippen molar-refractivity contribution in [3.63, 3.8) is 0 Å². The van der Waals surface area contributed by atoms with E-state index in [-0.39, 0.29) is 0 Å². The third-order valence-corrected chi connectivity index (χ3v) is 4.66. The molecule has 16 heavy (non-hydrogen) atoms. The fourth-order valence-corrected chi connectivity index (χ4v) is 3.00. The lowest BCUT2D eigenvalue weighted by atomic mass is 9.97. The summed E-state index contributed by atoms with van der Waals surface area (Å²) >= 11 is 3.54. The van der Waals surface area contributed by atoms with Crippen molar-refractivity contribution in [3.05, 3.63) is 16.6 Å². The molecule has 0 atom stereocenters. The van der Waals surface area contributed by atoms with Crippen molar-refractivity contribution in [2.24, 2.45) is 10.4 Å². The average molecular weight is 255 g/mol. The molecule has 1 aromatic rings. The van der Waals surface area contributed by atoms with Crippen LogP contribution in [0, 0.1) is 5.41 Å². The smallest absolute Gasteiger partial charge is 0.156 e. The van der Waals surface area contributed by atoms with Crippen LogP contribution in [0.4, 0.5) is 0 Å². The molecule has 2 heterocycles. The SMILES string of the molecule is CC1(C)CN=C(NCCc2nccs2)SC1. The largest absolute Gasteiger partial charge is 0.365 e. The predicted octanol–water partition coefficient (Wildman–Crippen LogP) is 2.40. The Morgan fingerprint density at radius 3 is 3.00 bits per heavy atom. The number of thiazole rings is 1. The van der Waals surface area contributed by atoms with Crippen molar-refractivity contribution in [3.8, 4) is 0 Å². The monoisotopic (exact) mass is 255 g/mol. The van der Waals surface area contributed by atoms with Crippen molar-refractivity contribution in [1.29, 1.82) is 0 Å². The third kappa shape index (κ3) is 3.49. The molecule has 1 aromatic heterocycles. The fourth-order valence-electron chi connectivity index (χ4n) is 1.40. The van der Waals surface area contributed by atoms with Gasteiger partial charge in [0.25, 0.3) is 0 Å². The molecule has 2 rings (SSSR count). The molecular weight excluding hydrogens is 238 g/mol. The highest BCUT2D eigenvalue weighted by Crippen LogP contribution is 2.26. The molecule has 0 radical (unpaired) electrons. The van der Waals surface area contributed by atoms with Gasteiger partial charge in [0.2, 0.25) is 0 Å². The molecule has 1 aliphatic heterocycles. The maximum Gasteiger partial charge on any atom is 0.156 e. The van der Waals surface area contributed by atoms with Gasteiger partial charge in [-0.1, -0.05) is 25.6 Å². The van der Waals surface area contributed by atoms with E-state index in [1.165, 1.54) is 5.01 Å². The minimum atomic E-state index is 0.352. The normalized spacial score (nSPS) is 19.2. The van der Waals surface area contributed by atoms with Crippen LogP contribution in [0.5, 0.6) is 0 Å². The van der Waals surface area contributed by atoms with Crippen molar-refractivity contribution < 1.29 is 0 Å². The molecule has 1 N–H and O–H groups in total. The first kappa shape index (κ1) is 11.9. The van der Waals surface area contributed by atoms with Crippen LogP contribution >= 0.6 is 23.1 Å². The van der Waals surface area contributed by atoms with Gasteiger partial charge in [-0.25, -0.2) is 4.98 Å². The van der Waals surface area contributed by atoms with Gasteiger partial charge >= 0.3 is 0 Å². The van der Waals surface area contributed by atoms with Crippen LogP contribution in [0.2, 0.25) is 0 Å². The molecular formula is C11H17N3S2. The second-order valence-electron chi connectivity index (χ2n) is 4.68. The van der Waals surface area contributed by atoms with Crippen LogP contribution in [-0.2, 0) is 6.42 Å². The molecule has 0 saturated heterocycles. The highest BCUT2D eigenvalue weighted by atomic mass is 32.2. The van der Waals surface area contributed by atoms with E-state index in [0.29, 0.717) is 5.41 Å². The van der Waals surface area contributed by atoms with E-state index in [2.05, 4.69) is 29.1 Å². The molecule has 0 spiro atoms. The lowest BCUT2D eigenvalue weighted by molar-refractivity contribution is 0.437. The summed E-state index contributed by atoms with van der Waals surface area (Å²) in [6, 6.07) is 0. The number of rotatable bonds is 3. The Labute approximate surface area is 105 Å². The Morgan fingerprint density at radius 1 is 1.50 bits per heavy atom. The zero-order valence-corrected chi connectivity index (χ0v) is 11.3. The Hall–Kier alpha value is -0.550. The lowest BCUT2D eigenvalue weighted by Gasteiger charge is -2.27. The van der Waals surface area contributed by atoms with Crippen LogP contribution < -0.4 is 5.32 Å². The maximum atomic E-state index is 4.55. The first-order valence-corrected chi connectivity index (χ1v) is 7.32. The molecule has 1 aliphatic rings. The van der Waals surface area contributed by atoms with Gasteiger partial charge in [0, 0.05) is 36.8 Å². The Bertz CT molecular complexity index is 357. The standard InChI is InChI=1S/C11H17N3S2/c1-11(2)7-14-10(16-8-11)13-4-3-9-12-5-6-15-9/h5-6H,3-4,7-8H2,1-2H3,(H,13,14). The number of amidine groups is 1. The summed E-state index contributed by atoms with van der Waals surface area (Å²) in [7, 11) is 0. The number of aromatic nitrogens is 1. The first-order chi connectivity index (χ1) is 7.66. The number of hydrogen-bond donors (Lipinski definition) is 1. The van der Waals surface area contributed by atoms with Crippen molar-refractivity contribution in [2.45, 2.75) is 20.3 Å². The van der Waals surface area contributed by atoms with E-state index >= 15 is 0 Å². The molecule has 3 nitrogen and oxygen atoms in total. The Kier molecular flexibility index (Phi) is 3.86. The molecule has 0 amide bonds. The molecule has 0 bridgehead atoms. The van der Waals surface area contributed by atoms with E-state index in [1.807, 2.05) is 23.3 Å². The van der Waals surface area contributed by atoms with Gasteiger partial charge in [-0.05, 0) is 5.41 Å². The fraction of sp³-hybridized carbons (Fsp3) is 0.636. The summed E-state index contributed by atoms with van der Waals surface area (Å²) in [5.41, 5.74) is 0.352. The topological polar surface area (TPSA) is 37.3 Å². The Morgan fingerprint density at radius 2 is 2.38 bits per heavy atom. The van der Waals surface area contributed by atoms with Gasteiger partial charge in [0.15, 0.2) is 5.17 Å². The van der Waals surface area contributed by atoms with E-state index in [0.717, 1.165) is 30.4 Å². The maximum absolute atomic E-state index is 4.55. The first-order valence-electron chi connectivity index (χ1n) is 5.45. The predicted molar refractivity (Wildman–Crippen MR) is 72.4 cm³/mol. The molecule has 0 saturated carbocycles. The minimum absolute atomic E-state index is 0.352. The van der Waals surface area contributed by atoms with E-state index < -0.39 is 0 Å². The summed E-state index contributed by atoms with van der Waals surface area (Å²) in [6.07, 6.45) is 2.84. The van der Waals surface area contributed by atoms with Gasteiger partial charge in [0.1, 0.15) is 0 Å². The minimum Gasteiger partial charge on any atom is -0.365 e. The molecule has 0 aliphatic carbocycles. The number of nitrogens with one attached hydrogen (secondary N) is 1. The number of hydrogen-bond acceptors (Lipinski definition) is 5. The van der Waals surface area contributed by atoms with Gasteiger partial charge < -0.3 is 5.32 Å². The molecule has 0 unspecified atom stereocenters. The van der Waals surface area contributed by atoms with Crippen molar-refractivity contribution in [2.75, 3.05) is 18.8 Å². The zero-order valence-electron chi connectivity index (χ0n) is 9.69. The van der Waals surface area contributed by atoms with Crippen LogP contribution in [0.25, 0.3) is 0 Å². The van der Waals surface area contributed by atoms with Crippen LogP contribution in [-0.4, -0.2) is 29.0 Å². The van der Waals surface area contributed by atoms with Gasteiger partial charge in [-0.2, -0.15) is 0 Å². The summed E-state index contributed by atoms with van der Waals surface area (Å²) < 4.78 is 0. The molecule has 88 valence electrons. The van der Waals surface area contributed by atoms with Gasteiger partial charge in [-0.3, -0.25) is 4.99 Å². The molecule has 0 aromatic carbocycles. The average Bonchev–Trinajstić information content (AvgIpc) is 2.73. The van der Waals surface area contributed by atoms with Crippen molar-refractivity contribution >= 4 is 28.3 Å². The quantitative estimate of drug-likeness (QED) is 0.901. The lowest BCUT2D eigenvalue weighted by Crippen LogP contribution is -2.32. The highest BCUT2D eigenvalue weighted by molar-refractivity contribution is 8.13. The summed E-state index contributed by atoms with van der Waals surface area (Å²) in [5, 5.41) is 7.68. The van der Waals surface area contributed by atoms with Crippen molar-refractivity contribution in [1.82, 2.24) is 10.3 Å². The highest BCUT2D eigenvalue weighted by Gasteiger charge is 2.22. The van der Waals surface area contributed by atoms with E-state index in [1.54, 1.807) is 11.3 Å².